The molecule has 1 aromatic rings. The van der Waals surface area contributed by atoms with Crippen LogP contribution in [-0.4, -0.2) is 30.9 Å². The van der Waals surface area contributed by atoms with Gasteiger partial charge in [0.25, 0.3) is 0 Å². The SMILES string of the molecule is COC(=O)c1cccc(NC(=O)C(NC(C)=O)C(C)C)c1C. The van der Waals surface area contributed by atoms with Gasteiger partial charge in [-0.15, -0.1) is 0 Å². The Bertz CT molecular complexity index is 582. The lowest BCUT2D eigenvalue weighted by Crippen LogP contribution is -2.46. The Labute approximate surface area is 130 Å². The van der Waals surface area contributed by atoms with Crippen LogP contribution in [0.25, 0.3) is 0 Å². The van der Waals surface area contributed by atoms with Gasteiger partial charge in [0.15, 0.2) is 0 Å². The highest BCUT2D eigenvalue weighted by atomic mass is 16.5. The Morgan fingerprint density at radius 3 is 2.32 bits per heavy atom. The van der Waals surface area contributed by atoms with Crippen LogP contribution in [0.15, 0.2) is 18.2 Å². The predicted octanol–water partition coefficient (Wildman–Crippen LogP) is 1.88. The first-order valence-corrected chi connectivity index (χ1v) is 7.03. The highest BCUT2D eigenvalue weighted by Gasteiger charge is 2.24. The molecule has 0 aromatic heterocycles. The number of ether oxygens (including phenoxy) is 1. The summed E-state index contributed by atoms with van der Waals surface area (Å²) in [5.74, 6) is -1.12. The number of methoxy groups -OCH3 is 1. The molecule has 1 unspecified atom stereocenters. The zero-order valence-corrected chi connectivity index (χ0v) is 13.5. The van der Waals surface area contributed by atoms with E-state index in [2.05, 4.69) is 10.6 Å². The fraction of sp³-hybridized carbons (Fsp3) is 0.438. The predicted molar refractivity (Wildman–Crippen MR) is 83.6 cm³/mol. The molecule has 0 aliphatic rings. The topological polar surface area (TPSA) is 84.5 Å². The van der Waals surface area contributed by atoms with Crippen molar-refractivity contribution in [2.75, 3.05) is 12.4 Å². The average molecular weight is 306 g/mol. The van der Waals surface area contributed by atoms with E-state index in [0.717, 1.165) is 0 Å². The number of rotatable bonds is 5. The van der Waals surface area contributed by atoms with Crippen LogP contribution >= 0.6 is 0 Å². The van der Waals surface area contributed by atoms with Crippen molar-refractivity contribution in [1.29, 1.82) is 0 Å². The largest absolute Gasteiger partial charge is 0.465 e. The van der Waals surface area contributed by atoms with E-state index in [-0.39, 0.29) is 17.7 Å². The lowest BCUT2D eigenvalue weighted by Gasteiger charge is -2.21. The summed E-state index contributed by atoms with van der Waals surface area (Å²) in [7, 11) is 1.30. The first-order chi connectivity index (χ1) is 10.3. The first-order valence-electron chi connectivity index (χ1n) is 7.03. The van der Waals surface area contributed by atoms with Gasteiger partial charge in [-0.1, -0.05) is 19.9 Å². The summed E-state index contributed by atoms with van der Waals surface area (Å²) >= 11 is 0. The van der Waals surface area contributed by atoms with Crippen molar-refractivity contribution in [2.24, 2.45) is 5.92 Å². The molecule has 6 heteroatoms. The first kappa shape index (κ1) is 17.7. The zero-order valence-electron chi connectivity index (χ0n) is 13.5. The highest BCUT2D eigenvalue weighted by molar-refractivity contribution is 6.00. The van der Waals surface area contributed by atoms with E-state index in [0.29, 0.717) is 16.8 Å². The van der Waals surface area contributed by atoms with Gasteiger partial charge in [-0.2, -0.15) is 0 Å². The van der Waals surface area contributed by atoms with Gasteiger partial charge in [0.2, 0.25) is 11.8 Å². The number of hydrogen-bond donors (Lipinski definition) is 2. The summed E-state index contributed by atoms with van der Waals surface area (Å²) in [6.07, 6.45) is 0. The summed E-state index contributed by atoms with van der Waals surface area (Å²) in [6, 6.07) is 4.35. The highest BCUT2D eigenvalue weighted by Crippen LogP contribution is 2.20. The molecule has 0 radical (unpaired) electrons. The van der Waals surface area contributed by atoms with Crippen molar-refractivity contribution < 1.29 is 19.1 Å². The fourth-order valence-corrected chi connectivity index (χ4v) is 2.07. The van der Waals surface area contributed by atoms with Crippen molar-refractivity contribution in [1.82, 2.24) is 5.32 Å². The van der Waals surface area contributed by atoms with E-state index >= 15 is 0 Å². The van der Waals surface area contributed by atoms with Crippen LogP contribution in [-0.2, 0) is 14.3 Å². The van der Waals surface area contributed by atoms with Gasteiger partial charge >= 0.3 is 5.97 Å². The van der Waals surface area contributed by atoms with Gasteiger partial charge in [0.1, 0.15) is 6.04 Å². The second kappa shape index (κ2) is 7.59. The van der Waals surface area contributed by atoms with Gasteiger partial charge in [-0.25, -0.2) is 4.79 Å². The molecule has 1 atom stereocenters. The number of anilines is 1. The van der Waals surface area contributed by atoms with E-state index in [9.17, 15) is 14.4 Å². The summed E-state index contributed by atoms with van der Waals surface area (Å²) in [5, 5.41) is 5.38. The maximum Gasteiger partial charge on any atom is 0.338 e. The molecule has 120 valence electrons. The van der Waals surface area contributed by atoms with Crippen molar-refractivity contribution in [2.45, 2.75) is 33.7 Å². The molecule has 0 saturated heterocycles. The Morgan fingerprint density at radius 2 is 1.82 bits per heavy atom. The van der Waals surface area contributed by atoms with Crippen LogP contribution in [0, 0.1) is 12.8 Å². The number of hydrogen-bond acceptors (Lipinski definition) is 4. The summed E-state index contributed by atoms with van der Waals surface area (Å²) in [4.78, 5) is 35.2. The molecule has 22 heavy (non-hydrogen) atoms. The van der Waals surface area contributed by atoms with Gasteiger partial charge in [0, 0.05) is 12.6 Å². The molecule has 2 N–H and O–H groups in total. The molecular weight excluding hydrogens is 284 g/mol. The van der Waals surface area contributed by atoms with E-state index in [1.807, 2.05) is 13.8 Å². The molecule has 0 bridgehead atoms. The quantitative estimate of drug-likeness (QED) is 0.814. The molecule has 1 rings (SSSR count). The molecule has 0 saturated carbocycles. The molecule has 2 amide bonds. The molecule has 0 spiro atoms. The normalized spacial score (nSPS) is 11.7. The monoisotopic (exact) mass is 306 g/mol. The molecule has 0 fully saturated rings. The molecule has 0 aliphatic heterocycles. The van der Waals surface area contributed by atoms with Gasteiger partial charge in [0.05, 0.1) is 12.7 Å². The van der Waals surface area contributed by atoms with Gasteiger partial charge in [-0.05, 0) is 30.5 Å². The van der Waals surface area contributed by atoms with Crippen molar-refractivity contribution >= 4 is 23.5 Å². The Morgan fingerprint density at radius 1 is 1.18 bits per heavy atom. The summed E-state index contributed by atoms with van der Waals surface area (Å²) < 4.78 is 4.71. The number of nitrogens with one attached hydrogen (secondary N) is 2. The Kier molecular flexibility index (Phi) is 6.10. The van der Waals surface area contributed by atoms with Crippen molar-refractivity contribution in [3.8, 4) is 0 Å². The minimum Gasteiger partial charge on any atom is -0.465 e. The third kappa shape index (κ3) is 4.31. The minimum absolute atomic E-state index is 0.0620. The molecule has 1 aromatic carbocycles. The molecule has 6 nitrogen and oxygen atoms in total. The molecular formula is C16H22N2O4. The van der Waals surface area contributed by atoms with Crippen LogP contribution in [0.2, 0.25) is 0 Å². The third-order valence-corrected chi connectivity index (χ3v) is 3.30. The van der Waals surface area contributed by atoms with E-state index in [1.165, 1.54) is 14.0 Å². The summed E-state index contributed by atoms with van der Waals surface area (Å²) in [6.45, 7) is 6.78. The van der Waals surface area contributed by atoms with E-state index in [1.54, 1.807) is 25.1 Å². The van der Waals surface area contributed by atoms with Crippen LogP contribution in [0.4, 0.5) is 5.69 Å². The van der Waals surface area contributed by atoms with E-state index in [4.69, 9.17) is 4.74 Å². The van der Waals surface area contributed by atoms with Crippen LogP contribution in [0.5, 0.6) is 0 Å². The van der Waals surface area contributed by atoms with Crippen molar-refractivity contribution in [3.05, 3.63) is 29.3 Å². The van der Waals surface area contributed by atoms with Crippen LogP contribution in [0.1, 0.15) is 36.7 Å². The average Bonchev–Trinajstić information content (AvgIpc) is 2.45. The Balaban J connectivity index is 3.01. The molecule has 0 heterocycles. The second-order valence-electron chi connectivity index (χ2n) is 5.38. The lowest BCUT2D eigenvalue weighted by atomic mass is 10.0. The summed E-state index contributed by atoms with van der Waals surface area (Å²) in [5.41, 5.74) is 1.53. The number of amides is 2. The second-order valence-corrected chi connectivity index (χ2v) is 5.38. The number of carbonyl (C=O) groups excluding carboxylic acids is 3. The number of benzene rings is 1. The number of esters is 1. The zero-order chi connectivity index (χ0) is 16.9. The number of carbonyl (C=O) groups is 3. The van der Waals surface area contributed by atoms with Crippen molar-refractivity contribution in [3.63, 3.8) is 0 Å². The van der Waals surface area contributed by atoms with Gasteiger partial charge in [-0.3, -0.25) is 9.59 Å². The fourth-order valence-electron chi connectivity index (χ4n) is 2.07. The van der Waals surface area contributed by atoms with Crippen LogP contribution in [0.3, 0.4) is 0 Å². The maximum absolute atomic E-state index is 12.4. The Hall–Kier alpha value is -2.37. The van der Waals surface area contributed by atoms with E-state index < -0.39 is 12.0 Å². The smallest absolute Gasteiger partial charge is 0.338 e. The lowest BCUT2D eigenvalue weighted by molar-refractivity contribution is -0.126. The van der Waals surface area contributed by atoms with Gasteiger partial charge < -0.3 is 15.4 Å². The minimum atomic E-state index is -0.640. The standard InChI is InChI=1S/C16H22N2O4/c1-9(2)14(17-11(4)19)15(20)18-13-8-6-7-12(10(13)3)16(21)22-5/h6-9,14H,1-5H3,(H,17,19)(H,18,20). The maximum atomic E-state index is 12.4. The van der Waals surface area contributed by atoms with Crippen LogP contribution < -0.4 is 10.6 Å². The molecule has 0 aliphatic carbocycles. The third-order valence-electron chi connectivity index (χ3n) is 3.30.